The Labute approximate surface area is 162 Å². The first kappa shape index (κ1) is 17.5. The highest BCUT2D eigenvalue weighted by Crippen LogP contribution is 2.37. The molecule has 0 spiro atoms. The topological polar surface area (TPSA) is 24.4 Å². The van der Waals surface area contributed by atoms with Crippen molar-refractivity contribution in [2.75, 3.05) is 0 Å². The molecule has 0 bridgehead atoms. The molecule has 27 heavy (non-hydrogen) atoms. The summed E-state index contributed by atoms with van der Waals surface area (Å²) in [5, 5.41) is 3.73. The molecule has 1 aliphatic rings. The van der Waals surface area contributed by atoms with E-state index in [1.54, 1.807) is 0 Å². The molecule has 136 valence electrons. The maximum Gasteiger partial charge on any atom is 0.129 e. The molecular weight excluding hydrogens is 328 g/mol. The second-order valence-corrected chi connectivity index (χ2v) is 7.62. The number of aliphatic imine (C=N–C) groups is 1. The Morgan fingerprint density at radius 2 is 1.37 bits per heavy atom. The van der Waals surface area contributed by atoms with Gasteiger partial charge in [0.05, 0.1) is 6.04 Å². The van der Waals surface area contributed by atoms with Gasteiger partial charge in [-0.2, -0.15) is 0 Å². The van der Waals surface area contributed by atoms with Crippen LogP contribution >= 0.6 is 0 Å². The van der Waals surface area contributed by atoms with Gasteiger partial charge in [0, 0.05) is 5.56 Å². The Bertz CT molecular complexity index is 985. The van der Waals surface area contributed by atoms with Crippen molar-refractivity contribution >= 4 is 5.84 Å². The van der Waals surface area contributed by atoms with Crippen molar-refractivity contribution in [1.82, 2.24) is 5.32 Å². The Morgan fingerprint density at radius 3 is 2.07 bits per heavy atom. The average molecular weight is 354 g/mol. The predicted octanol–water partition coefficient (Wildman–Crippen LogP) is 5.75. The van der Waals surface area contributed by atoms with Crippen molar-refractivity contribution in [3.05, 3.63) is 106 Å². The average Bonchev–Trinajstić information content (AvgIpc) is 3.11. The highest BCUT2D eigenvalue weighted by molar-refractivity contribution is 6.02. The van der Waals surface area contributed by atoms with Gasteiger partial charge in [-0.3, -0.25) is 4.99 Å². The van der Waals surface area contributed by atoms with Crippen LogP contribution in [0.3, 0.4) is 0 Å². The fraction of sp³-hybridized carbons (Fsp3) is 0.240. The van der Waals surface area contributed by atoms with Gasteiger partial charge in [-0.15, -0.1) is 0 Å². The van der Waals surface area contributed by atoms with Gasteiger partial charge in [0.1, 0.15) is 11.9 Å². The maximum atomic E-state index is 5.15. The van der Waals surface area contributed by atoms with Gasteiger partial charge in [-0.05, 0) is 61.6 Å². The first-order valence-electron chi connectivity index (χ1n) is 9.57. The van der Waals surface area contributed by atoms with Crippen LogP contribution in [-0.2, 0) is 0 Å². The standard InChI is InChI=1S/C25H26N2/c1-16-10-12-21(13-11-16)24-23(20-8-6-5-7-9-20)26-25(27-24)22-15-18(3)17(2)14-19(22)4/h5-15,23-24H,1-4H3,(H,26,27)/t23-,24+/m1/s1. The summed E-state index contributed by atoms with van der Waals surface area (Å²) >= 11 is 0. The third kappa shape index (κ3) is 3.40. The number of rotatable bonds is 3. The molecule has 0 radical (unpaired) electrons. The van der Waals surface area contributed by atoms with Crippen LogP contribution in [0.15, 0.2) is 71.7 Å². The minimum Gasteiger partial charge on any atom is -0.361 e. The van der Waals surface area contributed by atoms with E-state index in [0.717, 1.165) is 5.84 Å². The van der Waals surface area contributed by atoms with Gasteiger partial charge in [-0.1, -0.05) is 66.2 Å². The third-order valence-electron chi connectivity index (χ3n) is 5.55. The Morgan fingerprint density at radius 1 is 0.704 bits per heavy atom. The quantitative estimate of drug-likeness (QED) is 0.636. The van der Waals surface area contributed by atoms with Crippen LogP contribution in [0, 0.1) is 27.7 Å². The molecule has 3 aromatic carbocycles. The van der Waals surface area contributed by atoms with Crippen LogP contribution in [0.4, 0.5) is 0 Å². The predicted molar refractivity (Wildman–Crippen MR) is 113 cm³/mol. The first-order valence-corrected chi connectivity index (χ1v) is 9.57. The summed E-state index contributed by atoms with van der Waals surface area (Å²) in [5.41, 5.74) is 8.88. The molecule has 1 heterocycles. The minimum absolute atomic E-state index is 0.0740. The lowest BCUT2D eigenvalue weighted by Gasteiger charge is -2.20. The number of benzene rings is 3. The van der Waals surface area contributed by atoms with Crippen LogP contribution in [0.25, 0.3) is 0 Å². The lowest BCUT2D eigenvalue weighted by Crippen LogP contribution is -2.25. The summed E-state index contributed by atoms with van der Waals surface area (Å²) in [4.78, 5) is 5.15. The number of aryl methyl sites for hydroxylation is 4. The summed E-state index contributed by atoms with van der Waals surface area (Å²) in [6, 6.07) is 24.1. The van der Waals surface area contributed by atoms with Crippen LogP contribution < -0.4 is 5.32 Å². The van der Waals surface area contributed by atoms with Gasteiger partial charge in [-0.25, -0.2) is 0 Å². The highest BCUT2D eigenvalue weighted by atomic mass is 15.1. The van der Waals surface area contributed by atoms with E-state index in [0.29, 0.717) is 0 Å². The minimum atomic E-state index is 0.0740. The first-order chi connectivity index (χ1) is 13.0. The largest absolute Gasteiger partial charge is 0.361 e. The fourth-order valence-corrected chi connectivity index (χ4v) is 3.80. The van der Waals surface area contributed by atoms with Crippen molar-refractivity contribution in [2.24, 2.45) is 4.99 Å². The summed E-state index contributed by atoms with van der Waals surface area (Å²) in [6.07, 6.45) is 0. The van der Waals surface area contributed by atoms with E-state index < -0.39 is 0 Å². The second kappa shape index (κ2) is 7.03. The molecule has 2 atom stereocenters. The number of amidine groups is 1. The molecule has 0 saturated heterocycles. The van der Waals surface area contributed by atoms with Gasteiger partial charge in [0.25, 0.3) is 0 Å². The van der Waals surface area contributed by atoms with Crippen molar-refractivity contribution in [2.45, 2.75) is 39.8 Å². The number of nitrogens with zero attached hydrogens (tertiary/aromatic N) is 1. The molecule has 0 amide bonds. The van der Waals surface area contributed by atoms with Crippen LogP contribution in [0.5, 0.6) is 0 Å². The summed E-state index contributed by atoms with van der Waals surface area (Å²) < 4.78 is 0. The molecule has 2 nitrogen and oxygen atoms in total. The zero-order valence-corrected chi connectivity index (χ0v) is 16.5. The van der Waals surface area contributed by atoms with Gasteiger partial charge in [0.2, 0.25) is 0 Å². The molecule has 1 N–H and O–H groups in total. The third-order valence-corrected chi connectivity index (χ3v) is 5.55. The van der Waals surface area contributed by atoms with Crippen LogP contribution in [-0.4, -0.2) is 5.84 Å². The normalized spacial score (nSPS) is 18.9. The van der Waals surface area contributed by atoms with E-state index >= 15 is 0 Å². The van der Waals surface area contributed by atoms with E-state index in [2.05, 4.69) is 99.7 Å². The smallest absolute Gasteiger partial charge is 0.129 e. The lowest BCUT2D eigenvalue weighted by molar-refractivity contribution is 0.572. The van der Waals surface area contributed by atoms with Crippen LogP contribution in [0.2, 0.25) is 0 Å². The Balaban J connectivity index is 1.78. The molecule has 0 aromatic heterocycles. The molecule has 0 unspecified atom stereocenters. The molecule has 0 saturated carbocycles. The number of nitrogens with one attached hydrogen (secondary N) is 1. The fourth-order valence-electron chi connectivity index (χ4n) is 3.80. The molecular formula is C25H26N2. The SMILES string of the molecule is Cc1ccc([C@@H]2NC(c3cc(C)c(C)cc3C)=N[C@@H]2c2ccccc2)cc1. The summed E-state index contributed by atoms with van der Waals surface area (Å²) in [5.74, 6) is 0.995. The zero-order chi connectivity index (χ0) is 19.0. The van der Waals surface area contributed by atoms with E-state index in [1.807, 2.05) is 0 Å². The molecule has 1 aliphatic heterocycles. The van der Waals surface area contributed by atoms with Crippen molar-refractivity contribution in [3.63, 3.8) is 0 Å². The van der Waals surface area contributed by atoms with Crippen molar-refractivity contribution in [1.29, 1.82) is 0 Å². The van der Waals surface area contributed by atoms with E-state index in [4.69, 9.17) is 4.99 Å². The number of hydrogen-bond donors (Lipinski definition) is 1. The van der Waals surface area contributed by atoms with E-state index in [-0.39, 0.29) is 12.1 Å². The van der Waals surface area contributed by atoms with Gasteiger partial charge < -0.3 is 5.32 Å². The molecule has 0 fully saturated rings. The monoisotopic (exact) mass is 354 g/mol. The van der Waals surface area contributed by atoms with E-state index in [1.165, 1.54) is 38.9 Å². The summed E-state index contributed by atoms with van der Waals surface area (Å²) in [7, 11) is 0. The van der Waals surface area contributed by atoms with E-state index in [9.17, 15) is 0 Å². The number of hydrogen-bond acceptors (Lipinski definition) is 2. The maximum absolute atomic E-state index is 5.15. The molecule has 4 rings (SSSR count). The molecule has 0 aliphatic carbocycles. The highest BCUT2D eigenvalue weighted by Gasteiger charge is 2.32. The second-order valence-electron chi connectivity index (χ2n) is 7.62. The van der Waals surface area contributed by atoms with Crippen molar-refractivity contribution in [3.8, 4) is 0 Å². The van der Waals surface area contributed by atoms with Crippen molar-refractivity contribution < 1.29 is 0 Å². The summed E-state index contributed by atoms with van der Waals surface area (Å²) in [6.45, 7) is 8.63. The van der Waals surface area contributed by atoms with Crippen LogP contribution in [0.1, 0.15) is 51.0 Å². The van der Waals surface area contributed by atoms with Gasteiger partial charge in [0.15, 0.2) is 0 Å². The molecule has 2 heteroatoms. The lowest BCUT2D eigenvalue weighted by atomic mass is 9.94. The zero-order valence-electron chi connectivity index (χ0n) is 16.5. The molecule has 3 aromatic rings. The Kier molecular flexibility index (Phi) is 4.57. The van der Waals surface area contributed by atoms with Gasteiger partial charge >= 0.3 is 0 Å². The Hall–Kier alpha value is -2.87.